The molecule has 0 aliphatic carbocycles. The molecule has 0 saturated heterocycles. The van der Waals surface area contributed by atoms with E-state index in [1.807, 2.05) is 44.2 Å². The maximum absolute atomic E-state index is 12.0. The summed E-state index contributed by atoms with van der Waals surface area (Å²) in [5, 5.41) is 10.2. The summed E-state index contributed by atoms with van der Waals surface area (Å²) in [4.78, 5) is 13.5. The summed E-state index contributed by atoms with van der Waals surface area (Å²) in [5.74, 6) is -0.0951. The molecule has 0 radical (unpaired) electrons. The Kier molecular flexibility index (Phi) is 3.82. The smallest absolute Gasteiger partial charge is 0.249 e. The van der Waals surface area contributed by atoms with Gasteiger partial charge in [-0.2, -0.15) is 0 Å². The van der Waals surface area contributed by atoms with Crippen LogP contribution < -0.4 is 0 Å². The number of benzene rings is 1. The van der Waals surface area contributed by atoms with Crippen molar-refractivity contribution in [2.24, 2.45) is 0 Å². The lowest BCUT2D eigenvalue weighted by Gasteiger charge is -2.29. The molecule has 1 amide bonds. The Bertz CT molecular complexity index is 453. The number of amides is 1. The third-order valence-corrected chi connectivity index (χ3v) is 3.40. The number of aliphatic hydroxyl groups excluding tert-OH is 1. The van der Waals surface area contributed by atoms with Gasteiger partial charge in [-0.05, 0) is 24.5 Å². The van der Waals surface area contributed by atoms with Crippen molar-refractivity contribution in [1.82, 2.24) is 4.90 Å². The molecule has 1 N–H and O–H groups in total. The van der Waals surface area contributed by atoms with Gasteiger partial charge in [-0.15, -0.1) is 0 Å². The Morgan fingerprint density at radius 3 is 2.61 bits per heavy atom. The second-order valence-corrected chi connectivity index (χ2v) is 4.68. The molecule has 0 saturated carbocycles. The molecule has 0 spiro atoms. The van der Waals surface area contributed by atoms with Crippen molar-refractivity contribution < 1.29 is 9.90 Å². The van der Waals surface area contributed by atoms with Gasteiger partial charge in [-0.3, -0.25) is 4.79 Å². The van der Waals surface area contributed by atoms with Gasteiger partial charge in [0.2, 0.25) is 5.91 Å². The van der Waals surface area contributed by atoms with E-state index in [2.05, 4.69) is 0 Å². The molecule has 0 aromatic heterocycles. The van der Waals surface area contributed by atoms with Crippen molar-refractivity contribution in [1.29, 1.82) is 0 Å². The summed E-state index contributed by atoms with van der Waals surface area (Å²) in [6.07, 6.45) is 2.51. The Hall–Kier alpha value is -1.61. The molecule has 18 heavy (non-hydrogen) atoms. The van der Waals surface area contributed by atoms with E-state index in [0.717, 1.165) is 24.0 Å². The summed E-state index contributed by atoms with van der Waals surface area (Å²) in [7, 11) is 0. The van der Waals surface area contributed by atoms with E-state index in [9.17, 15) is 9.90 Å². The van der Waals surface area contributed by atoms with Crippen LogP contribution >= 0.6 is 0 Å². The quantitative estimate of drug-likeness (QED) is 0.886. The van der Waals surface area contributed by atoms with Gasteiger partial charge in [0.25, 0.3) is 0 Å². The Morgan fingerprint density at radius 2 is 2.00 bits per heavy atom. The van der Waals surface area contributed by atoms with Crippen LogP contribution in [0.1, 0.15) is 38.3 Å². The Labute approximate surface area is 108 Å². The second kappa shape index (κ2) is 5.36. The van der Waals surface area contributed by atoms with Crippen LogP contribution in [-0.2, 0) is 4.79 Å². The van der Waals surface area contributed by atoms with Gasteiger partial charge in [-0.1, -0.05) is 43.7 Å². The molecule has 1 aliphatic rings. The first kappa shape index (κ1) is 12.8. The molecular weight excluding hydrogens is 226 g/mol. The summed E-state index contributed by atoms with van der Waals surface area (Å²) in [6, 6.07) is 9.67. The highest BCUT2D eigenvalue weighted by Crippen LogP contribution is 2.30. The lowest BCUT2D eigenvalue weighted by molar-refractivity contribution is -0.134. The molecule has 1 aliphatic heterocycles. The monoisotopic (exact) mass is 245 g/mol. The van der Waals surface area contributed by atoms with Crippen LogP contribution in [0.5, 0.6) is 0 Å². The fraction of sp³-hybridized carbons (Fsp3) is 0.400. The maximum Gasteiger partial charge on any atom is 0.249 e. The zero-order valence-corrected chi connectivity index (χ0v) is 10.8. The molecule has 2 unspecified atom stereocenters. The van der Waals surface area contributed by atoms with Gasteiger partial charge in [0.15, 0.2) is 6.23 Å². The number of nitrogens with zero attached hydrogens (tertiary/aromatic N) is 1. The van der Waals surface area contributed by atoms with E-state index < -0.39 is 6.23 Å². The van der Waals surface area contributed by atoms with Gasteiger partial charge < -0.3 is 10.0 Å². The molecular formula is C15H19NO2. The molecule has 0 bridgehead atoms. The van der Waals surface area contributed by atoms with Crippen molar-refractivity contribution in [2.75, 3.05) is 0 Å². The number of rotatable bonds is 4. The highest BCUT2D eigenvalue weighted by molar-refractivity contribution is 5.92. The Morgan fingerprint density at radius 1 is 1.33 bits per heavy atom. The first-order valence-electron chi connectivity index (χ1n) is 6.41. The molecule has 1 aromatic rings. The molecule has 3 nitrogen and oxygen atoms in total. The largest absolute Gasteiger partial charge is 0.369 e. The number of carbonyl (C=O) groups is 1. The molecule has 1 aromatic carbocycles. The average molecular weight is 245 g/mol. The highest BCUT2D eigenvalue weighted by atomic mass is 16.3. The van der Waals surface area contributed by atoms with E-state index in [-0.39, 0.29) is 11.9 Å². The topological polar surface area (TPSA) is 40.5 Å². The number of hydrogen-bond donors (Lipinski definition) is 1. The first-order chi connectivity index (χ1) is 8.65. The summed E-state index contributed by atoms with van der Waals surface area (Å²) in [5.41, 5.74) is 1.86. The second-order valence-electron chi connectivity index (χ2n) is 4.68. The number of hydrogen-bond acceptors (Lipinski definition) is 2. The Balaban J connectivity index is 2.18. The fourth-order valence-corrected chi connectivity index (χ4v) is 2.39. The summed E-state index contributed by atoms with van der Waals surface area (Å²) in [6.45, 7) is 3.99. The molecule has 2 atom stereocenters. The van der Waals surface area contributed by atoms with Gasteiger partial charge >= 0.3 is 0 Å². The van der Waals surface area contributed by atoms with E-state index >= 15 is 0 Å². The first-order valence-corrected chi connectivity index (χ1v) is 6.41. The van der Waals surface area contributed by atoms with Crippen LogP contribution in [0.3, 0.4) is 0 Å². The lowest BCUT2D eigenvalue weighted by atomic mass is 10.1. The zero-order chi connectivity index (χ0) is 13.1. The highest BCUT2D eigenvalue weighted by Gasteiger charge is 2.34. The number of carbonyl (C=O) groups excluding carboxylic acids is 1. The van der Waals surface area contributed by atoms with Crippen LogP contribution in [0.25, 0.3) is 0 Å². The van der Waals surface area contributed by atoms with Crippen LogP contribution in [0.2, 0.25) is 0 Å². The lowest BCUT2D eigenvalue weighted by Crippen LogP contribution is -2.37. The third-order valence-electron chi connectivity index (χ3n) is 3.40. The van der Waals surface area contributed by atoms with Gasteiger partial charge in [-0.25, -0.2) is 0 Å². The van der Waals surface area contributed by atoms with E-state index in [0.29, 0.717) is 0 Å². The standard InChI is InChI=1S/C15H19NO2/c1-3-7-13-10-14(17)16(15(13)18)11(2)12-8-5-4-6-9-12/h4-6,8-11,15,18H,3,7H2,1-2H3. The van der Waals surface area contributed by atoms with E-state index in [1.54, 1.807) is 11.0 Å². The van der Waals surface area contributed by atoms with E-state index in [1.165, 1.54) is 0 Å². The SMILES string of the molecule is CCCC1=CC(=O)N(C(C)c2ccccc2)C1O. The van der Waals surface area contributed by atoms with Gasteiger partial charge in [0.1, 0.15) is 0 Å². The van der Waals surface area contributed by atoms with Crippen molar-refractivity contribution >= 4 is 5.91 Å². The molecule has 3 heteroatoms. The minimum Gasteiger partial charge on any atom is -0.369 e. The number of aliphatic hydroxyl groups is 1. The van der Waals surface area contributed by atoms with Gasteiger partial charge in [0, 0.05) is 6.08 Å². The maximum atomic E-state index is 12.0. The average Bonchev–Trinajstić information content (AvgIpc) is 2.65. The van der Waals surface area contributed by atoms with Gasteiger partial charge in [0.05, 0.1) is 6.04 Å². The summed E-state index contributed by atoms with van der Waals surface area (Å²) >= 11 is 0. The molecule has 96 valence electrons. The normalized spacial score (nSPS) is 21.1. The zero-order valence-electron chi connectivity index (χ0n) is 10.8. The molecule has 1 heterocycles. The minimum atomic E-state index is -0.771. The van der Waals surface area contributed by atoms with Crippen molar-refractivity contribution in [3.05, 3.63) is 47.5 Å². The minimum absolute atomic E-state index is 0.0951. The van der Waals surface area contributed by atoms with Crippen molar-refractivity contribution in [2.45, 2.75) is 39.0 Å². The van der Waals surface area contributed by atoms with Crippen LogP contribution in [0.4, 0.5) is 0 Å². The summed E-state index contributed by atoms with van der Waals surface area (Å²) < 4.78 is 0. The molecule has 0 fully saturated rings. The predicted molar refractivity (Wildman–Crippen MR) is 70.7 cm³/mol. The van der Waals surface area contributed by atoms with Crippen LogP contribution in [0.15, 0.2) is 42.0 Å². The third kappa shape index (κ3) is 2.31. The van der Waals surface area contributed by atoms with Crippen molar-refractivity contribution in [3.63, 3.8) is 0 Å². The van der Waals surface area contributed by atoms with Crippen LogP contribution in [-0.4, -0.2) is 22.1 Å². The van der Waals surface area contributed by atoms with Crippen molar-refractivity contribution in [3.8, 4) is 0 Å². The predicted octanol–water partition coefficient (Wildman–Crippen LogP) is 2.63. The van der Waals surface area contributed by atoms with E-state index in [4.69, 9.17) is 0 Å². The van der Waals surface area contributed by atoms with Crippen LogP contribution in [0, 0.1) is 0 Å². The fourth-order valence-electron chi connectivity index (χ4n) is 2.39. The molecule has 2 rings (SSSR count).